The van der Waals surface area contributed by atoms with Crippen molar-refractivity contribution < 1.29 is 4.39 Å². The molecule has 0 bridgehead atoms. The Bertz CT molecular complexity index is 1320. The molecule has 0 saturated carbocycles. The molecule has 1 fully saturated rings. The molecule has 8 heteroatoms. The van der Waals surface area contributed by atoms with Gasteiger partial charge in [0.15, 0.2) is 11.5 Å². The molecule has 0 aliphatic carbocycles. The molecule has 7 nitrogen and oxygen atoms in total. The molecule has 1 aliphatic rings. The molecule has 1 unspecified atom stereocenters. The lowest BCUT2D eigenvalue weighted by atomic mass is 10.1. The summed E-state index contributed by atoms with van der Waals surface area (Å²) in [4.78, 5) is 23.9. The van der Waals surface area contributed by atoms with Gasteiger partial charge in [0, 0.05) is 55.4 Å². The Kier molecular flexibility index (Phi) is 4.32. The second kappa shape index (κ2) is 6.91. The molecule has 2 atom stereocenters. The number of nitrogens with zero attached hydrogens (tertiary/aromatic N) is 5. The lowest BCUT2D eigenvalue weighted by molar-refractivity contribution is 0.407. The summed E-state index contributed by atoms with van der Waals surface area (Å²) in [6.07, 6.45) is 5.33. The highest BCUT2D eigenvalue weighted by molar-refractivity contribution is 5.64. The van der Waals surface area contributed by atoms with Crippen molar-refractivity contribution in [2.24, 2.45) is 0 Å². The molecule has 0 spiro atoms. The highest BCUT2D eigenvalue weighted by Crippen LogP contribution is 2.22. The zero-order valence-corrected chi connectivity index (χ0v) is 17.1. The van der Waals surface area contributed by atoms with E-state index in [9.17, 15) is 9.18 Å². The van der Waals surface area contributed by atoms with Crippen LogP contribution in [-0.4, -0.2) is 43.9 Å². The summed E-state index contributed by atoms with van der Waals surface area (Å²) >= 11 is 0. The molecule has 5 heterocycles. The lowest BCUT2D eigenvalue weighted by Gasteiger charge is -2.37. The smallest absolute Gasteiger partial charge is 0.258 e. The topological polar surface area (TPSA) is 66.9 Å². The first-order valence-electron chi connectivity index (χ1n) is 10.1. The van der Waals surface area contributed by atoms with E-state index in [0.29, 0.717) is 29.0 Å². The van der Waals surface area contributed by atoms with Crippen molar-refractivity contribution >= 4 is 17.0 Å². The third kappa shape index (κ3) is 3.23. The molecular weight excluding hydrogens is 383 g/mol. The second-order valence-electron chi connectivity index (χ2n) is 8.16. The van der Waals surface area contributed by atoms with Crippen molar-refractivity contribution in [3.05, 3.63) is 64.7 Å². The van der Waals surface area contributed by atoms with Crippen LogP contribution >= 0.6 is 0 Å². The number of anilines is 1. The first kappa shape index (κ1) is 18.7. The van der Waals surface area contributed by atoms with Crippen LogP contribution in [0.3, 0.4) is 0 Å². The fraction of sp³-hybridized carbons (Fsp3) is 0.318. The van der Waals surface area contributed by atoms with Crippen LogP contribution in [0, 0.1) is 12.7 Å². The molecular formula is C22H23FN6O. The monoisotopic (exact) mass is 406 g/mol. The van der Waals surface area contributed by atoms with Crippen LogP contribution in [-0.2, 0) is 0 Å². The van der Waals surface area contributed by atoms with Gasteiger partial charge in [-0.25, -0.2) is 14.4 Å². The number of halogens is 1. The van der Waals surface area contributed by atoms with E-state index in [-0.39, 0.29) is 11.2 Å². The van der Waals surface area contributed by atoms with Crippen molar-refractivity contribution in [2.45, 2.75) is 32.9 Å². The highest BCUT2D eigenvalue weighted by Gasteiger charge is 2.21. The summed E-state index contributed by atoms with van der Waals surface area (Å²) in [5.41, 5.74) is 3.27. The van der Waals surface area contributed by atoms with Gasteiger partial charge in [-0.05, 0) is 39.0 Å². The highest BCUT2D eigenvalue weighted by atomic mass is 19.1. The summed E-state index contributed by atoms with van der Waals surface area (Å²) in [7, 11) is 0. The third-order valence-corrected chi connectivity index (χ3v) is 5.49. The van der Waals surface area contributed by atoms with Crippen LogP contribution in [0.1, 0.15) is 19.5 Å². The number of nitrogens with one attached hydrogen (secondary N) is 1. The van der Waals surface area contributed by atoms with Crippen LogP contribution in [0.2, 0.25) is 0 Å². The van der Waals surface area contributed by atoms with Gasteiger partial charge in [0.25, 0.3) is 5.56 Å². The van der Waals surface area contributed by atoms with Crippen LogP contribution in [0.4, 0.5) is 10.1 Å². The van der Waals surface area contributed by atoms with E-state index in [1.807, 2.05) is 25.3 Å². The van der Waals surface area contributed by atoms with Crippen LogP contribution < -0.4 is 15.8 Å². The van der Waals surface area contributed by atoms with Gasteiger partial charge >= 0.3 is 0 Å². The minimum Gasteiger partial charge on any atom is -0.367 e. The Morgan fingerprint density at radius 3 is 2.60 bits per heavy atom. The zero-order valence-electron chi connectivity index (χ0n) is 17.1. The van der Waals surface area contributed by atoms with Crippen molar-refractivity contribution in [3.8, 4) is 11.3 Å². The van der Waals surface area contributed by atoms with Crippen LogP contribution in [0.15, 0.2) is 47.7 Å². The number of aromatic nitrogens is 4. The predicted octanol–water partition coefficient (Wildman–Crippen LogP) is 2.64. The lowest BCUT2D eigenvalue weighted by Crippen LogP contribution is -2.54. The van der Waals surface area contributed by atoms with Gasteiger partial charge in [0.1, 0.15) is 5.65 Å². The first-order valence-corrected chi connectivity index (χ1v) is 10.1. The van der Waals surface area contributed by atoms with Gasteiger partial charge in [-0.2, -0.15) is 0 Å². The number of hydrogen-bond donors (Lipinski definition) is 1. The summed E-state index contributed by atoms with van der Waals surface area (Å²) in [5, 5.41) is 3.51. The number of fused-ring (bicyclic) bond motifs is 2. The molecule has 0 aromatic carbocycles. The van der Waals surface area contributed by atoms with Crippen LogP contribution in [0.25, 0.3) is 22.6 Å². The maximum atomic E-state index is 14.5. The largest absolute Gasteiger partial charge is 0.367 e. The molecule has 1 N–H and O–H groups in total. The van der Waals surface area contributed by atoms with E-state index in [4.69, 9.17) is 0 Å². The predicted molar refractivity (Wildman–Crippen MR) is 115 cm³/mol. The van der Waals surface area contributed by atoms with E-state index in [2.05, 4.69) is 34.0 Å². The summed E-state index contributed by atoms with van der Waals surface area (Å²) in [5.74, 6) is -0.445. The summed E-state index contributed by atoms with van der Waals surface area (Å²) < 4.78 is 17.6. The Morgan fingerprint density at radius 1 is 1.07 bits per heavy atom. The van der Waals surface area contributed by atoms with Crippen molar-refractivity contribution in [2.75, 3.05) is 18.0 Å². The number of pyridine rings is 2. The van der Waals surface area contributed by atoms with E-state index in [1.165, 1.54) is 12.1 Å². The fourth-order valence-electron chi connectivity index (χ4n) is 4.28. The van der Waals surface area contributed by atoms with E-state index in [0.717, 1.165) is 24.5 Å². The van der Waals surface area contributed by atoms with E-state index < -0.39 is 5.82 Å². The SMILES string of the molecule is Cc1cn2cc(-c3cc(=O)n4cc(N5CC(C)N[C@@H](C)C5)ccc4n3)cc(F)c2n1. The number of imidazole rings is 1. The van der Waals surface area contributed by atoms with Gasteiger partial charge in [-0.3, -0.25) is 9.20 Å². The number of rotatable bonds is 2. The number of aryl methyl sites for hydroxylation is 1. The van der Waals surface area contributed by atoms with Gasteiger partial charge in [0.05, 0.1) is 17.1 Å². The van der Waals surface area contributed by atoms with Crippen molar-refractivity contribution in [3.63, 3.8) is 0 Å². The number of hydrogen-bond acceptors (Lipinski definition) is 5. The average molecular weight is 406 g/mol. The molecule has 30 heavy (non-hydrogen) atoms. The Morgan fingerprint density at radius 2 is 1.83 bits per heavy atom. The quantitative estimate of drug-likeness (QED) is 0.554. The third-order valence-electron chi connectivity index (χ3n) is 5.49. The summed E-state index contributed by atoms with van der Waals surface area (Å²) in [6.45, 7) is 7.87. The molecule has 4 aromatic heterocycles. The Balaban J connectivity index is 1.57. The molecule has 4 aromatic rings. The second-order valence-corrected chi connectivity index (χ2v) is 8.16. The molecule has 0 radical (unpaired) electrons. The van der Waals surface area contributed by atoms with Gasteiger partial charge in [-0.15, -0.1) is 0 Å². The molecule has 1 saturated heterocycles. The van der Waals surface area contributed by atoms with E-state index >= 15 is 0 Å². The van der Waals surface area contributed by atoms with Gasteiger partial charge in [0.2, 0.25) is 0 Å². The fourth-order valence-corrected chi connectivity index (χ4v) is 4.28. The standard InChI is InChI=1S/C22H23FN6O/c1-13-8-27(9-14(2)24-13)17-4-5-20-26-19(7-21(30)29(20)12-17)16-6-18(23)22-25-15(3)10-28(22)11-16/h4-7,10-14,24H,8-9H2,1-3H3/t13-,14?/m0/s1. The first-order chi connectivity index (χ1) is 14.4. The zero-order chi connectivity index (χ0) is 21.0. The normalized spacial score (nSPS) is 19.7. The molecule has 1 aliphatic heterocycles. The summed E-state index contributed by atoms with van der Waals surface area (Å²) in [6, 6.07) is 7.39. The van der Waals surface area contributed by atoms with E-state index in [1.54, 1.807) is 21.2 Å². The van der Waals surface area contributed by atoms with Crippen LogP contribution in [0.5, 0.6) is 0 Å². The average Bonchev–Trinajstić information content (AvgIpc) is 3.08. The van der Waals surface area contributed by atoms with Crippen molar-refractivity contribution in [1.82, 2.24) is 24.1 Å². The number of piperazine rings is 1. The minimum atomic E-state index is -0.445. The maximum Gasteiger partial charge on any atom is 0.258 e. The molecule has 154 valence electrons. The van der Waals surface area contributed by atoms with Crippen molar-refractivity contribution in [1.29, 1.82) is 0 Å². The van der Waals surface area contributed by atoms with Gasteiger partial charge in [-0.1, -0.05) is 0 Å². The van der Waals surface area contributed by atoms with Gasteiger partial charge < -0.3 is 14.6 Å². The maximum absolute atomic E-state index is 14.5. The molecule has 0 amide bonds. The minimum absolute atomic E-state index is 0.199. The molecule has 5 rings (SSSR count). The Labute approximate surface area is 172 Å². The Hall–Kier alpha value is -3.26.